The Labute approximate surface area is 126 Å². The van der Waals surface area contributed by atoms with Gasteiger partial charge < -0.3 is 10.1 Å². The molecule has 9 heteroatoms. The number of carbonyl (C=O) groups is 1. The first kappa shape index (κ1) is 15.9. The molecule has 0 radical (unpaired) electrons. The van der Waals surface area contributed by atoms with E-state index in [0.29, 0.717) is 0 Å². The summed E-state index contributed by atoms with van der Waals surface area (Å²) in [5.74, 6) is -0.877. The number of ether oxygens (including phenoxy) is 1. The van der Waals surface area contributed by atoms with E-state index in [2.05, 4.69) is 21.7 Å². The van der Waals surface area contributed by atoms with Gasteiger partial charge in [0.15, 0.2) is 0 Å². The number of aromatic nitrogens is 1. The van der Waals surface area contributed by atoms with Gasteiger partial charge in [-0.15, -0.1) is 13.6 Å². The highest BCUT2D eigenvalue weighted by Gasteiger charge is 2.27. The normalized spacial score (nSPS) is 11.1. The molecule has 0 saturated carbocycles. The third-order valence-corrected chi connectivity index (χ3v) is 2.55. The van der Waals surface area contributed by atoms with Crippen LogP contribution in [-0.2, 0) is 0 Å². The van der Waals surface area contributed by atoms with E-state index in [4.69, 9.17) is 0 Å². The van der Waals surface area contributed by atoms with Crippen molar-refractivity contribution >= 4 is 23.2 Å². The minimum Gasteiger partial charge on any atom is -0.420 e. The van der Waals surface area contributed by atoms with Gasteiger partial charge in [-0.3, -0.25) is 9.59 Å². The van der Waals surface area contributed by atoms with Crippen LogP contribution in [0.3, 0.4) is 0 Å². The molecule has 2 aromatic rings. The summed E-state index contributed by atoms with van der Waals surface area (Å²) in [6, 6.07) is 6.97. The van der Waals surface area contributed by atoms with E-state index >= 15 is 0 Å². The summed E-state index contributed by atoms with van der Waals surface area (Å²) >= 11 is 4.61. The van der Waals surface area contributed by atoms with E-state index in [9.17, 15) is 22.9 Å². The van der Waals surface area contributed by atoms with Crippen LogP contribution in [0.1, 0.15) is 10.4 Å². The van der Waals surface area contributed by atoms with Gasteiger partial charge in [0.2, 0.25) is 0 Å². The Balaban J connectivity index is 2.08. The first-order valence-electron chi connectivity index (χ1n) is 5.81. The molecule has 1 aromatic heterocycles. The van der Waals surface area contributed by atoms with Crippen LogP contribution in [0.25, 0.3) is 0 Å². The van der Waals surface area contributed by atoms with Gasteiger partial charge in [-0.2, -0.15) is 0 Å². The smallest absolute Gasteiger partial charge is 0.420 e. The summed E-state index contributed by atoms with van der Waals surface area (Å²) in [6.07, 6.45) is 0.725. The van der Waals surface area contributed by atoms with Crippen molar-refractivity contribution in [3.05, 3.63) is 58.5 Å². The number of hydrogen-bond donors (Lipinski definition) is 1. The summed E-state index contributed by atoms with van der Waals surface area (Å²) < 4.78 is 42.0. The number of alkyl halides is 3. The van der Waals surface area contributed by atoms with Gasteiger partial charge >= 0.3 is 5.57 Å². The van der Waals surface area contributed by atoms with Gasteiger partial charge in [0.25, 0.3) is 11.5 Å². The fraction of sp³-hybridized carbons (Fsp3) is 0.0769. The molecule has 5 nitrogen and oxygen atoms in total. The predicted molar refractivity (Wildman–Crippen MR) is 73.0 cm³/mol. The largest absolute Gasteiger partial charge is 0.487 e. The van der Waals surface area contributed by atoms with Crippen molar-refractivity contribution in [2.75, 3.05) is 5.32 Å². The molecular formula is C13H8ClF3N2O3. The van der Waals surface area contributed by atoms with Crippen LogP contribution in [0.15, 0.2) is 47.4 Å². The van der Waals surface area contributed by atoms with Crippen LogP contribution in [0.4, 0.5) is 18.9 Å². The van der Waals surface area contributed by atoms with Crippen LogP contribution in [0, 0.1) is 0 Å². The van der Waals surface area contributed by atoms with Crippen molar-refractivity contribution in [3.8, 4) is 5.75 Å². The van der Waals surface area contributed by atoms with Crippen molar-refractivity contribution in [2.24, 2.45) is 0 Å². The number of hydrogen-bond acceptors (Lipinski definition) is 3. The zero-order chi connectivity index (χ0) is 16.3. The third kappa shape index (κ3) is 4.26. The highest BCUT2D eigenvalue weighted by molar-refractivity contribution is 6.20. The Bertz CT molecular complexity index is 741. The zero-order valence-corrected chi connectivity index (χ0v) is 11.5. The van der Waals surface area contributed by atoms with Crippen LogP contribution in [0.5, 0.6) is 5.75 Å². The van der Waals surface area contributed by atoms with Crippen molar-refractivity contribution in [1.82, 2.24) is 4.79 Å². The molecule has 0 aliphatic carbocycles. The quantitative estimate of drug-likeness (QED) is 0.876. The molecule has 1 N–H and O–H groups in total. The summed E-state index contributed by atoms with van der Waals surface area (Å²) in [6.45, 7) is 0. The van der Waals surface area contributed by atoms with Crippen molar-refractivity contribution in [1.29, 1.82) is 0 Å². The second kappa shape index (κ2) is 6.10. The molecule has 1 aromatic carbocycles. The van der Waals surface area contributed by atoms with Crippen LogP contribution in [-0.4, -0.2) is 16.3 Å². The number of anilines is 1. The number of nitrogens with zero attached hydrogens (tertiary/aromatic N) is 1. The van der Waals surface area contributed by atoms with Crippen molar-refractivity contribution in [2.45, 2.75) is 5.57 Å². The van der Waals surface area contributed by atoms with Gasteiger partial charge in [-0.1, -0.05) is 4.48 Å². The van der Waals surface area contributed by atoms with Crippen molar-refractivity contribution < 1.29 is 22.8 Å². The van der Waals surface area contributed by atoms with Crippen LogP contribution in [0.2, 0.25) is 0 Å². The van der Waals surface area contributed by atoms with E-state index in [0.717, 1.165) is 18.3 Å². The van der Waals surface area contributed by atoms with E-state index in [1.54, 1.807) is 0 Å². The maximum absolute atomic E-state index is 13.0. The van der Waals surface area contributed by atoms with Crippen LogP contribution >= 0.6 is 11.6 Å². The molecule has 1 heterocycles. The second-order valence-electron chi connectivity index (χ2n) is 4.09. The molecule has 0 aliphatic heterocycles. The molecule has 1 amide bonds. The summed E-state index contributed by atoms with van der Waals surface area (Å²) in [5, 5.41) is 2.40. The predicted octanol–water partition coefficient (Wildman–Crippen LogP) is 3.00. The van der Waals surface area contributed by atoms with Gasteiger partial charge in [0.05, 0.1) is 11.8 Å². The van der Waals surface area contributed by atoms with E-state index in [1.165, 1.54) is 24.3 Å². The molecule has 0 spiro atoms. The number of pyridine rings is 1. The number of halogens is 4. The number of rotatable bonds is 4. The number of nitrogens with one attached hydrogen (secondary N) is 1. The molecule has 22 heavy (non-hydrogen) atoms. The highest BCUT2D eigenvalue weighted by Crippen LogP contribution is 2.26. The molecule has 116 valence electrons. The van der Waals surface area contributed by atoms with E-state index in [1.807, 2.05) is 0 Å². The Morgan fingerprint density at radius 3 is 2.36 bits per heavy atom. The maximum Gasteiger partial charge on any atom is 0.487 e. The average molecular weight is 333 g/mol. The molecule has 0 bridgehead atoms. The lowest BCUT2D eigenvalue weighted by molar-refractivity contribution is -0.0964. The average Bonchev–Trinajstić information content (AvgIpc) is 2.42. The third-order valence-electron chi connectivity index (χ3n) is 2.48. The molecule has 0 saturated heterocycles. The van der Waals surface area contributed by atoms with Gasteiger partial charge in [-0.05, 0) is 30.3 Å². The molecule has 0 unspecified atom stereocenters. The number of carbonyl (C=O) groups excluding carboxylic acids is 1. The Hall–Kier alpha value is -2.48. The maximum atomic E-state index is 13.0. The first-order valence-corrected chi connectivity index (χ1v) is 6.18. The van der Waals surface area contributed by atoms with Gasteiger partial charge in [-0.25, -0.2) is 0 Å². The van der Waals surface area contributed by atoms with E-state index in [-0.39, 0.29) is 21.8 Å². The fourth-order valence-corrected chi connectivity index (χ4v) is 1.63. The van der Waals surface area contributed by atoms with Gasteiger partial charge in [0.1, 0.15) is 5.75 Å². The standard InChI is InChI=1S/C13H8ClF3N2O3/c14-13(15,16)22-10-4-2-9(3-5-10)18-12(21)8-1-6-11(20)19(17)7-8/h1-7H,(H,18,21). The molecule has 0 aliphatic rings. The second-order valence-corrected chi connectivity index (χ2v) is 4.53. The molecule has 0 atom stereocenters. The Morgan fingerprint density at radius 1 is 1.18 bits per heavy atom. The lowest BCUT2D eigenvalue weighted by Crippen LogP contribution is -2.18. The zero-order valence-electron chi connectivity index (χ0n) is 10.7. The minimum atomic E-state index is -3.83. The summed E-state index contributed by atoms with van der Waals surface area (Å²) in [7, 11) is 0. The lowest BCUT2D eigenvalue weighted by Gasteiger charge is -2.11. The van der Waals surface area contributed by atoms with Crippen LogP contribution < -0.4 is 15.6 Å². The van der Waals surface area contributed by atoms with Gasteiger partial charge in [0, 0.05) is 23.4 Å². The fourth-order valence-electron chi connectivity index (χ4n) is 1.54. The Morgan fingerprint density at radius 2 is 1.82 bits per heavy atom. The first-order chi connectivity index (χ1) is 10.2. The molecular weight excluding hydrogens is 325 g/mol. The molecule has 0 fully saturated rings. The number of benzene rings is 1. The monoisotopic (exact) mass is 332 g/mol. The van der Waals surface area contributed by atoms with Crippen molar-refractivity contribution in [3.63, 3.8) is 0 Å². The summed E-state index contributed by atoms with van der Waals surface area (Å²) in [5.41, 5.74) is -4.57. The topological polar surface area (TPSA) is 60.3 Å². The van der Waals surface area contributed by atoms with E-state index < -0.39 is 17.0 Å². The SMILES string of the molecule is O=C(Nc1ccc(OC(F)(F)Cl)cc1)c1ccc(=O)n(F)c1. The molecule has 2 rings (SSSR count). The minimum absolute atomic E-state index is 0.0882. The highest BCUT2D eigenvalue weighted by atomic mass is 35.5. The Kier molecular flexibility index (Phi) is 4.41. The lowest BCUT2D eigenvalue weighted by atomic mass is 10.2. The number of amides is 1. The summed E-state index contributed by atoms with van der Waals surface area (Å²) in [4.78, 5) is 22.5.